The van der Waals surface area contributed by atoms with Crippen molar-refractivity contribution in [2.45, 2.75) is 45.1 Å². The lowest BCUT2D eigenvalue weighted by Crippen LogP contribution is -2.45. The molecule has 1 saturated carbocycles. The summed E-state index contributed by atoms with van der Waals surface area (Å²) in [6.07, 6.45) is 5.29. The predicted molar refractivity (Wildman–Crippen MR) is 62.5 cm³/mol. The van der Waals surface area contributed by atoms with Crippen molar-refractivity contribution in [3.8, 4) is 0 Å². The summed E-state index contributed by atoms with van der Waals surface area (Å²) in [6, 6.07) is -0.715. The quantitative estimate of drug-likeness (QED) is 0.709. The lowest BCUT2D eigenvalue weighted by Gasteiger charge is -2.16. The molecule has 0 aromatic carbocycles. The van der Waals surface area contributed by atoms with Crippen molar-refractivity contribution in [3.63, 3.8) is 0 Å². The molecule has 96 valence electrons. The first-order valence-electron chi connectivity index (χ1n) is 6.36. The minimum absolute atomic E-state index is 0.253. The molecule has 17 heavy (non-hydrogen) atoms. The van der Waals surface area contributed by atoms with E-state index in [0.29, 0.717) is 25.0 Å². The van der Waals surface area contributed by atoms with Crippen LogP contribution in [-0.4, -0.2) is 31.2 Å². The topological polar surface area (TPSA) is 67.4 Å². The van der Waals surface area contributed by atoms with Gasteiger partial charge in [0.25, 0.3) is 0 Å². The van der Waals surface area contributed by atoms with Crippen molar-refractivity contribution in [1.82, 2.24) is 10.6 Å². The third-order valence-electron chi connectivity index (χ3n) is 3.60. The zero-order chi connectivity index (χ0) is 12.3. The molecular weight excluding hydrogens is 220 g/mol. The fraction of sp³-hybridized carbons (Fsp3) is 0.833. The predicted octanol–water partition coefficient (Wildman–Crippen LogP) is 1.18. The van der Waals surface area contributed by atoms with Gasteiger partial charge in [-0.2, -0.15) is 0 Å². The summed E-state index contributed by atoms with van der Waals surface area (Å²) in [5.74, 6) is -0.324. The molecule has 1 aliphatic heterocycles. The van der Waals surface area contributed by atoms with Crippen LogP contribution in [0.25, 0.3) is 0 Å². The highest BCUT2D eigenvalue weighted by Crippen LogP contribution is 2.48. The number of cyclic esters (lactones) is 1. The summed E-state index contributed by atoms with van der Waals surface area (Å²) < 4.78 is 4.78. The number of carbonyl (C=O) groups is 2. The van der Waals surface area contributed by atoms with Gasteiger partial charge in [-0.15, -0.1) is 0 Å². The molecule has 0 bridgehead atoms. The molecule has 2 N–H and O–H groups in total. The first-order valence-corrected chi connectivity index (χ1v) is 6.36. The summed E-state index contributed by atoms with van der Waals surface area (Å²) in [7, 11) is 0. The maximum atomic E-state index is 11.6. The highest BCUT2D eigenvalue weighted by molar-refractivity contribution is 5.84. The smallest absolute Gasteiger partial charge is 0.328 e. The summed E-state index contributed by atoms with van der Waals surface area (Å²) in [4.78, 5) is 22.8. The summed E-state index contributed by atoms with van der Waals surface area (Å²) in [5, 5.41) is 5.51. The molecular formula is C12H20N2O3. The van der Waals surface area contributed by atoms with E-state index in [1.807, 2.05) is 0 Å². The Hall–Kier alpha value is -1.26. The zero-order valence-corrected chi connectivity index (χ0v) is 10.3. The van der Waals surface area contributed by atoms with Crippen LogP contribution in [0.4, 0.5) is 4.79 Å². The van der Waals surface area contributed by atoms with Gasteiger partial charge in [0, 0.05) is 13.0 Å². The normalized spacial score (nSPS) is 25.2. The number of amides is 2. The number of rotatable bonds is 5. The molecule has 1 aliphatic carbocycles. The maximum Gasteiger partial charge on any atom is 0.328 e. The van der Waals surface area contributed by atoms with Crippen molar-refractivity contribution in [2.75, 3.05) is 13.2 Å². The number of ether oxygens (including phenoxy) is 1. The van der Waals surface area contributed by atoms with E-state index in [2.05, 4.69) is 17.6 Å². The van der Waals surface area contributed by atoms with Gasteiger partial charge in [-0.05, 0) is 24.7 Å². The van der Waals surface area contributed by atoms with Crippen LogP contribution in [0.1, 0.15) is 39.0 Å². The number of esters is 1. The summed E-state index contributed by atoms with van der Waals surface area (Å²) in [5.41, 5.74) is 0.336. The molecule has 1 atom stereocenters. The SMILES string of the molecule is CCCC1(CNC(=O)N[C@H]2CCOC2=O)CC1. The fourth-order valence-electron chi connectivity index (χ4n) is 2.33. The van der Waals surface area contributed by atoms with E-state index in [4.69, 9.17) is 4.74 Å². The lowest BCUT2D eigenvalue weighted by molar-refractivity contribution is -0.139. The molecule has 0 aromatic heterocycles. The minimum atomic E-state index is -0.462. The van der Waals surface area contributed by atoms with E-state index in [-0.39, 0.29) is 12.0 Å². The summed E-state index contributed by atoms with van der Waals surface area (Å²) in [6.45, 7) is 3.28. The van der Waals surface area contributed by atoms with E-state index in [0.717, 1.165) is 6.42 Å². The van der Waals surface area contributed by atoms with Crippen LogP contribution in [0.15, 0.2) is 0 Å². The average Bonchev–Trinajstić information content (AvgIpc) is 2.95. The van der Waals surface area contributed by atoms with Gasteiger partial charge in [-0.25, -0.2) is 9.59 Å². The van der Waals surface area contributed by atoms with Crippen molar-refractivity contribution in [1.29, 1.82) is 0 Å². The molecule has 0 radical (unpaired) electrons. The number of nitrogens with one attached hydrogen (secondary N) is 2. The third kappa shape index (κ3) is 3.11. The molecule has 0 unspecified atom stereocenters. The molecule has 1 saturated heterocycles. The van der Waals surface area contributed by atoms with E-state index in [9.17, 15) is 9.59 Å². The Balaban J connectivity index is 1.69. The lowest BCUT2D eigenvalue weighted by atomic mass is 10.0. The first kappa shape index (κ1) is 12.2. The standard InChI is InChI=1S/C12H20N2O3/c1-2-4-12(5-6-12)8-13-11(16)14-9-3-7-17-10(9)15/h9H,2-8H2,1H3,(H2,13,14,16)/t9-/m0/s1. The van der Waals surface area contributed by atoms with Crippen LogP contribution in [0.5, 0.6) is 0 Å². The van der Waals surface area contributed by atoms with Crippen LogP contribution >= 0.6 is 0 Å². The van der Waals surface area contributed by atoms with E-state index in [1.165, 1.54) is 19.3 Å². The Morgan fingerprint density at radius 2 is 2.29 bits per heavy atom. The van der Waals surface area contributed by atoms with Gasteiger partial charge in [0.05, 0.1) is 6.61 Å². The van der Waals surface area contributed by atoms with E-state index < -0.39 is 6.04 Å². The second-order valence-corrected chi connectivity index (χ2v) is 5.09. The van der Waals surface area contributed by atoms with Crippen molar-refractivity contribution < 1.29 is 14.3 Å². The number of hydrogen-bond donors (Lipinski definition) is 2. The molecule has 1 heterocycles. The molecule has 5 heteroatoms. The number of urea groups is 1. The monoisotopic (exact) mass is 240 g/mol. The highest BCUT2D eigenvalue weighted by Gasteiger charge is 2.41. The van der Waals surface area contributed by atoms with Crippen LogP contribution in [0.2, 0.25) is 0 Å². The summed E-state index contributed by atoms with van der Waals surface area (Å²) >= 11 is 0. The largest absolute Gasteiger partial charge is 0.464 e. The third-order valence-corrected chi connectivity index (χ3v) is 3.60. The van der Waals surface area contributed by atoms with Gasteiger partial charge >= 0.3 is 12.0 Å². The Morgan fingerprint density at radius 1 is 1.53 bits per heavy atom. The molecule has 0 aromatic rings. The highest BCUT2D eigenvalue weighted by atomic mass is 16.5. The van der Waals surface area contributed by atoms with E-state index >= 15 is 0 Å². The molecule has 5 nitrogen and oxygen atoms in total. The molecule has 2 fully saturated rings. The van der Waals surface area contributed by atoms with Crippen LogP contribution < -0.4 is 10.6 Å². The van der Waals surface area contributed by atoms with Crippen LogP contribution in [0, 0.1) is 5.41 Å². The second-order valence-electron chi connectivity index (χ2n) is 5.09. The zero-order valence-electron chi connectivity index (χ0n) is 10.3. The Kier molecular flexibility index (Phi) is 3.54. The van der Waals surface area contributed by atoms with Crippen molar-refractivity contribution >= 4 is 12.0 Å². The van der Waals surface area contributed by atoms with Crippen LogP contribution in [0.3, 0.4) is 0 Å². The van der Waals surface area contributed by atoms with E-state index in [1.54, 1.807) is 0 Å². The Labute approximate surface area is 101 Å². The first-order chi connectivity index (χ1) is 8.15. The second kappa shape index (κ2) is 4.94. The van der Waals surface area contributed by atoms with Gasteiger partial charge in [0.15, 0.2) is 0 Å². The molecule has 2 rings (SSSR count). The van der Waals surface area contributed by atoms with Crippen molar-refractivity contribution in [2.24, 2.45) is 5.41 Å². The van der Waals surface area contributed by atoms with Gasteiger partial charge in [-0.3, -0.25) is 0 Å². The van der Waals surface area contributed by atoms with Gasteiger partial charge in [0.2, 0.25) is 0 Å². The van der Waals surface area contributed by atoms with Gasteiger partial charge in [0.1, 0.15) is 6.04 Å². The molecule has 2 aliphatic rings. The average molecular weight is 240 g/mol. The fourth-order valence-corrected chi connectivity index (χ4v) is 2.33. The van der Waals surface area contributed by atoms with Crippen LogP contribution in [-0.2, 0) is 9.53 Å². The molecule has 0 spiro atoms. The minimum Gasteiger partial charge on any atom is -0.464 e. The maximum absolute atomic E-state index is 11.6. The number of carbonyl (C=O) groups excluding carboxylic acids is 2. The van der Waals surface area contributed by atoms with Gasteiger partial charge in [-0.1, -0.05) is 13.3 Å². The number of hydrogen-bond acceptors (Lipinski definition) is 3. The Bertz CT molecular complexity index is 313. The Morgan fingerprint density at radius 3 is 2.82 bits per heavy atom. The van der Waals surface area contributed by atoms with Gasteiger partial charge < -0.3 is 15.4 Å². The van der Waals surface area contributed by atoms with Crippen molar-refractivity contribution in [3.05, 3.63) is 0 Å². The molecule has 2 amide bonds.